The number of methoxy groups -OCH3 is 1. The largest absolute Gasteiger partial charge is 0.480 e. The molecule has 1 heterocycles. The number of aliphatic carboxylic acids is 1. The van der Waals surface area contributed by atoms with Gasteiger partial charge in [0, 0.05) is 7.11 Å². The lowest BCUT2D eigenvalue weighted by molar-refractivity contribution is -0.137. The minimum atomic E-state index is -0.898. The van der Waals surface area contributed by atoms with E-state index in [1.807, 2.05) is 26.0 Å². The Bertz CT molecular complexity index is 649. The van der Waals surface area contributed by atoms with Crippen LogP contribution in [0.2, 0.25) is 0 Å². The Morgan fingerprint density at radius 2 is 2.00 bits per heavy atom. The zero-order valence-corrected chi connectivity index (χ0v) is 12.5. The second-order valence-electron chi connectivity index (χ2n) is 4.98. The molecule has 1 aromatic carbocycles. The van der Waals surface area contributed by atoms with E-state index in [1.54, 1.807) is 11.7 Å². The van der Waals surface area contributed by atoms with Crippen LogP contribution in [0, 0.1) is 13.8 Å². The van der Waals surface area contributed by atoms with E-state index in [0.29, 0.717) is 19.0 Å². The maximum Gasteiger partial charge on any atom is 0.323 e. The Morgan fingerprint density at radius 1 is 1.29 bits per heavy atom. The lowest BCUT2D eigenvalue weighted by atomic mass is 10.1. The van der Waals surface area contributed by atoms with Gasteiger partial charge in [-0.2, -0.15) is 0 Å². The van der Waals surface area contributed by atoms with Crippen molar-refractivity contribution in [3.8, 4) is 0 Å². The third-order valence-corrected chi connectivity index (χ3v) is 3.40. The molecule has 6 nitrogen and oxygen atoms in total. The smallest absolute Gasteiger partial charge is 0.323 e. The number of fused-ring (bicyclic) bond motifs is 1. The van der Waals surface area contributed by atoms with E-state index in [4.69, 9.17) is 14.6 Å². The lowest BCUT2D eigenvalue weighted by Crippen LogP contribution is -2.13. The van der Waals surface area contributed by atoms with Gasteiger partial charge in [-0.15, -0.1) is 0 Å². The molecule has 0 bridgehead atoms. The van der Waals surface area contributed by atoms with Crippen LogP contribution in [0.1, 0.15) is 17.0 Å². The molecule has 1 aromatic heterocycles. The van der Waals surface area contributed by atoms with E-state index in [-0.39, 0.29) is 13.2 Å². The lowest BCUT2D eigenvalue weighted by Gasteiger charge is -2.08. The summed E-state index contributed by atoms with van der Waals surface area (Å²) in [5, 5.41) is 9.09. The zero-order chi connectivity index (χ0) is 15.4. The van der Waals surface area contributed by atoms with Gasteiger partial charge >= 0.3 is 5.97 Å². The molecule has 1 N–H and O–H groups in total. The summed E-state index contributed by atoms with van der Waals surface area (Å²) in [7, 11) is 1.61. The number of aromatic nitrogens is 2. The normalized spacial score (nSPS) is 11.2. The number of carbonyl (C=O) groups is 1. The van der Waals surface area contributed by atoms with Gasteiger partial charge < -0.3 is 19.1 Å². The monoisotopic (exact) mass is 292 g/mol. The second kappa shape index (κ2) is 6.69. The van der Waals surface area contributed by atoms with Gasteiger partial charge in [-0.25, -0.2) is 4.98 Å². The first kappa shape index (κ1) is 15.5. The van der Waals surface area contributed by atoms with Crippen molar-refractivity contribution in [3.63, 3.8) is 0 Å². The average Bonchev–Trinajstić information content (AvgIpc) is 2.73. The molecule has 2 aromatic rings. The predicted molar refractivity (Wildman–Crippen MR) is 78.4 cm³/mol. The number of carboxylic acid groups (broad SMARTS) is 1. The number of imidazole rings is 1. The molecule has 0 spiro atoms. The van der Waals surface area contributed by atoms with Gasteiger partial charge in [0.1, 0.15) is 19.0 Å². The molecule has 0 atom stereocenters. The Morgan fingerprint density at radius 3 is 2.67 bits per heavy atom. The number of benzene rings is 1. The van der Waals surface area contributed by atoms with Crippen molar-refractivity contribution < 1.29 is 19.4 Å². The fourth-order valence-electron chi connectivity index (χ4n) is 2.16. The topological polar surface area (TPSA) is 73.6 Å². The van der Waals surface area contributed by atoms with Crippen LogP contribution in [0.5, 0.6) is 0 Å². The van der Waals surface area contributed by atoms with E-state index >= 15 is 0 Å². The maximum absolute atomic E-state index is 11.1. The molecule has 0 saturated carbocycles. The zero-order valence-electron chi connectivity index (χ0n) is 12.5. The number of ether oxygens (including phenoxy) is 2. The van der Waals surface area contributed by atoms with E-state index in [1.165, 1.54) is 0 Å². The van der Waals surface area contributed by atoms with Crippen molar-refractivity contribution in [3.05, 3.63) is 29.1 Å². The SMILES string of the molecule is COCCOCc1nc2cc(C)c(C)cc2n1CC(=O)O. The summed E-state index contributed by atoms with van der Waals surface area (Å²) in [6.45, 7) is 5.11. The van der Waals surface area contributed by atoms with Crippen molar-refractivity contribution in [1.29, 1.82) is 0 Å². The van der Waals surface area contributed by atoms with Crippen molar-refractivity contribution in [2.45, 2.75) is 27.0 Å². The molecule has 0 aliphatic carbocycles. The standard InChI is InChI=1S/C15H20N2O4/c1-10-6-12-13(7-11(10)2)17(8-15(18)19)14(16-12)9-21-5-4-20-3/h6-7H,4-5,8-9H2,1-3H3,(H,18,19). The van der Waals surface area contributed by atoms with Crippen molar-refractivity contribution in [2.24, 2.45) is 0 Å². The van der Waals surface area contributed by atoms with Crippen LogP contribution >= 0.6 is 0 Å². The highest BCUT2D eigenvalue weighted by molar-refractivity contribution is 5.80. The third kappa shape index (κ3) is 3.59. The van der Waals surface area contributed by atoms with Gasteiger partial charge in [-0.1, -0.05) is 0 Å². The molecular weight excluding hydrogens is 272 g/mol. The van der Waals surface area contributed by atoms with Crippen LogP contribution in [0.3, 0.4) is 0 Å². The quantitative estimate of drug-likeness (QED) is 0.789. The number of aryl methyl sites for hydroxylation is 2. The Labute approximate surface area is 123 Å². The van der Waals surface area contributed by atoms with Crippen molar-refractivity contribution >= 4 is 17.0 Å². The molecule has 0 radical (unpaired) electrons. The number of rotatable bonds is 7. The van der Waals surface area contributed by atoms with E-state index in [9.17, 15) is 4.79 Å². The fraction of sp³-hybridized carbons (Fsp3) is 0.467. The first-order valence-corrected chi connectivity index (χ1v) is 6.77. The second-order valence-corrected chi connectivity index (χ2v) is 4.98. The molecule has 0 fully saturated rings. The van der Waals surface area contributed by atoms with Crippen molar-refractivity contribution in [2.75, 3.05) is 20.3 Å². The summed E-state index contributed by atoms with van der Waals surface area (Å²) in [6.07, 6.45) is 0. The summed E-state index contributed by atoms with van der Waals surface area (Å²) < 4.78 is 12.1. The minimum absolute atomic E-state index is 0.123. The predicted octanol–water partition coefficient (Wildman–Crippen LogP) is 1.90. The van der Waals surface area contributed by atoms with Crippen LogP contribution < -0.4 is 0 Å². The molecule has 0 unspecified atom stereocenters. The summed E-state index contributed by atoms with van der Waals surface area (Å²) >= 11 is 0. The van der Waals surface area contributed by atoms with Crippen molar-refractivity contribution in [1.82, 2.24) is 9.55 Å². The number of carboxylic acids is 1. The van der Waals surface area contributed by atoms with Crippen LogP contribution in [0.4, 0.5) is 0 Å². The number of hydrogen-bond acceptors (Lipinski definition) is 4. The molecule has 0 amide bonds. The average molecular weight is 292 g/mol. The molecule has 6 heteroatoms. The van der Waals surface area contributed by atoms with Crippen LogP contribution in [-0.4, -0.2) is 41.0 Å². The van der Waals surface area contributed by atoms with Crippen LogP contribution in [-0.2, 0) is 27.4 Å². The van der Waals surface area contributed by atoms with E-state index in [0.717, 1.165) is 22.2 Å². The Balaban J connectivity index is 2.35. The summed E-state index contributed by atoms with van der Waals surface area (Å²) in [5.41, 5.74) is 3.87. The van der Waals surface area contributed by atoms with Gasteiger partial charge in [0.2, 0.25) is 0 Å². The highest BCUT2D eigenvalue weighted by Gasteiger charge is 2.14. The fourth-order valence-corrected chi connectivity index (χ4v) is 2.16. The highest BCUT2D eigenvalue weighted by Crippen LogP contribution is 2.21. The van der Waals surface area contributed by atoms with Crippen LogP contribution in [0.15, 0.2) is 12.1 Å². The van der Waals surface area contributed by atoms with Gasteiger partial charge in [0.05, 0.1) is 24.2 Å². The molecule has 0 aliphatic heterocycles. The molecule has 21 heavy (non-hydrogen) atoms. The molecule has 0 aliphatic rings. The Hall–Kier alpha value is -1.92. The number of nitrogens with zero attached hydrogens (tertiary/aromatic N) is 2. The maximum atomic E-state index is 11.1. The minimum Gasteiger partial charge on any atom is -0.480 e. The van der Waals surface area contributed by atoms with Gasteiger partial charge in [-0.05, 0) is 37.1 Å². The Kier molecular flexibility index (Phi) is 4.93. The van der Waals surface area contributed by atoms with Gasteiger partial charge in [0.15, 0.2) is 0 Å². The summed E-state index contributed by atoms with van der Waals surface area (Å²) in [5.74, 6) is -0.279. The molecule has 2 rings (SSSR count). The van der Waals surface area contributed by atoms with Gasteiger partial charge in [-0.3, -0.25) is 4.79 Å². The summed E-state index contributed by atoms with van der Waals surface area (Å²) in [6, 6.07) is 3.95. The first-order valence-electron chi connectivity index (χ1n) is 6.77. The number of hydrogen-bond donors (Lipinski definition) is 1. The third-order valence-electron chi connectivity index (χ3n) is 3.40. The first-order chi connectivity index (χ1) is 10.0. The van der Waals surface area contributed by atoms with Gasteiger partial charge in [0.25, 0.3) is 0 Å². The van der Waals surface area contributed by atoms with E-state index in [2.05, 4.69) is 4.98 Å². The molecule has 114 valence electrons. The molecular formula is C15H20N2O4. The summed E-state index contributed by atoms with van der Waals surface area (Å²) in [4.78, 5) is 15.6. The van der Waals surface area contributed by atoms with Crippen LogP contribution in [0.25, 0.3) is 11.0 Å². The highest BCUT2D eigenvalue weighted by atomic mass is 16.5. The van der Waals surface area contributed by atoms with E-state index < -0.39 is 5.97 Å². The molecule has 0 saturated heterocycles.